The summed E-state index contributed by atoms with van der Waals surface area (Å²) in [4.78, 5) is 11.6. The van der Waals surface area contributed by atoms with Crippen molar-refractivity contribution in [3.8, 4) is 0 Å². The molecule has 0 aliphatic carbocycles. The summed E-state index contributed by atoms with van der Waals surface area (Å²) in [7, 11) is 1.29. The van der Waals surface area contributed by atoms with Crippen molar-refractivity contribution in [2.24, 2.45) is 5.41 Å². The highest BCUT2D eigenvalue weighted by Crippen LogP contribution is 2.35. The van der Waals surface area contributed by atoms with E-state index in [-0.39, 0.29) is 0 Å². The molecule has 0 aliphatic rings. The second-order valence-corrected chi connectivity index (χ2v) is 3.79. The first-order valence-electron chi connectivity index (χ1n) is 5.01. The average molecular weight is 220 g/mol. The van der Waals surface area contributed by atoms with Crippen molar-refractivity contribution in [2.45, 2.75) is 13.0 Å². The maximum absolute atomic E-state index is 11.6. The number of ether oxygens (including phenoxy) is 1. The number of carbonyl (C=O) groups is 1. The van der Waals surface area contributed by atoms with Gasteiger partial charge in [-0.25, -0.2) is 0 Å². The number of rotatable bonds is 4. The molecule has 0 fully saturated rings. The molecule has 1 N–H and O–H groups in total. The van der Waals surface area contributed by atoms with E-state index in [9.17, 15) is 9.90 Å². The lowest BCUT2D eigenvalue weighted by atomic mass is 9.81. The molecule has 3 nitrogen and oxygen atoms in total. The molecule has 0 bridgehead atoms. The van der Waals surface area contributed by atoms with Gasteiger partial charge in [-0.05, 0) is 12.5 Å². The molecule has 1 aromatic rings. The number of benzene rings is 1. The molecule has 0 unspecified atom stereocenters. The van der Waals surface area contributed by atoms with Crippen LogP contribution < -0.4 is 0 Å². The van der Waals surface area contributed by atoms with Gasteiger partial charge in [0.25, 0.3) is 0 Å². The third-order valence-electron chi connectivity index (χ3n) is 2.73. The fraction of sp³-hybridized carbons (Fsp3) is 0.308. The molecular weight excluding hydrogens is 204 g/mol. The number of hydrogen-bond acceptors (Lipinski definition) is 3. The molecule has 0 aliphatic heterocycles. The Balaban J connectivity index is 3.07. The average Bonchev–Trinajstić information content (AvgIpc) is 2.36. The first kappa shape index (κ1) is 12.5. The van der Waals surface area contributed by atoms with Gasteiger partial charge in [0.1, 0.15) is 5.41 Å². The molecule has 0 saturated carbocycles. The molecule has 1 rings (SSSR count). The Morgan fingerprint density at radius 2 is 2.06 bits per heavy atom. The zero-order valence-corrected chi connectivity index (χ0v) is 9.51. The molecule has 0 amide bonds. The fourth-order valence-corrected chi connectivity index (χ4v) is 1.51. The van der Waals surface area contributed by atoms with Crippen LogP contribution in [0.1, 0.15) is 18.6 Å². The van der Waals surface area contributed by atoms with E-state index in [0.717, 1.165) is 0 Å². The lowest BCUT2D eigenvalue weighted by molar-refractivity contribution is -0.154. The van der Waals surface area contributed by atoms with Gasteiger partial charge in [0.2, 0.25) is 0 Å². The minimum atomic E-state index is -1.13. The van der Waals surface area contributed by atoms with Crippen molar-refractivity contribution in [3.63, 3.8) is 0 Å². The van der Waals surface area contributed by atoms with Gasteiger partial charge in [-0.3, -0.25) is 4.79 Å². The topological polar surface area (TPSA) is 46.5 Å². The molecule has 3 heteroatoms. The van der Waals surface area contributed by atoms with Crippen molar-refractivity contribution in [1.29, 1.82) is 0 Å². The van der Waals surface area contributed by atoms with E-state index in [4.69, 9.17) is 0 Å². The van der Waals surface area contributed by atoms with Crippen LogP contribution in [-0.4, -0.2) is 18.2 Å². The summed E-state index contributed by atoms with van der Waals surface area (Å²) in [5.41, 5.74) is -0.467. The highest BCUT2D eigenvalue weighted by atomic mass is 16.5. The predicted molar refractivity (Wildman–Crippen MR) is 61.7 cm³/mol. The third kappa shape index (κ3) is 2.14. The smallest absolute Gasteiger partial charge is 0.318 e. The molecule has 16 heavy (non-hydrogen) atoms. The number of aliphatic hydroxyl groups is 1. The molecule has 0 heterocycles. The van der Waals surface area contributed by atoms with E-state index < -0.39 is 17.5 Å². The molecular formula is C13H16O3. The Kier molecular flexibility index (Phi) is 3.85. The quantitative estimate of drug-likeness (QED) is 0.624. The van der Waals surface area contributed by atoms with Crippen LogP contribution in [-0.2, 0) is 9.53 Å². The Hall–Kier alpha value is -1.61. The van der Waals surface area contributed by atoms with E-state index in [1.807, 2.05) is 6.07 Å². The summed E-state index contributed by atoms with van der Waals surface area (Å²) in [6, 6.07) is 8.98. The minimum absolute atomic E-state index is 0.501. The summed E-state index contributed by atoms with van der Waals surface area (Å²) in [5.74, 6) is -0.501. The van der Waals surface area contributed by atoms with Crippen LogP contribution in [0.15, 0.2) is 43.0 Å². The van der Waals surface area contributed by atoms with Crippen LogP contribution in [0.5, 0.6) is 0 Å². The van der Waals surface area contributed by atoms with Gasteiger partial charge < -0.3 is 9.84 Å². The van der Waals surface area contributed by atoms with Crippen molar-refractivity contribution in [1.82, 2.24) is 0 Å². The Labute approximate surface area is 95.4 Å². The lowest BCUT2D eigenvalue weighted by Crippen LogP contribution is -2.33. The maximum Gasteiger partial charge on any atom is 0.318 e. The van der Waals surface area contributed by atoms with Crippen LogP contribution in [0.2, 0.25) is 0 Å². The Morgan fingerprint density at radius 3 is 2.50 bits per heavy atom. The van der Waals surface area contributed by atoms with E-state index in [0.29, 0.717) is 5.56 Å². The standard InChI is InChI=1S/C13H16O3/c1-4-13(2,12(15)16-3)11(14)10-8-6-5-7-9-10/h4-9,11,14H,1H2,2-3H3/t11-,13+/m0/s1. The van der Waals surface area contributed by atoms with Crippen LogP contribution in [0.3, 0.4) is 0 Å². The highest BCUT2D eigenvalue weighted by molar-refractivity contribution is 5.79. The highest BCUT2D eigenvalue weighted by Gasteiger charge is 2.39. The second kappa shape index (κ2) is 4.94. The van der Waals surface area contributed by atoms with Crippen LogP contribution in [0, 0.1) is 5.41 Å². The number of esters is 1. The number of carbonyl (C=O) groups excluding carboxylic acids is 1. The monoisotopic (exact) mass is 220 g/mol. The predicted octanol–water partition coefficient (Wildman–Crippen LogP) is 2.09. The molecule has 0 spiro atoms. The van der Waals surface area contributed by atoms with Crippen molar-refractivity contribution in [2.75, 3.05) is 7.11 Å². The summed E-state index contributed by atoms with van der Waals surface area (Å²) in [6.07, 6.45) is 0.454. The Bertz CT molecular complexity index is 372. The van der Waals surface area contributed by atoms with Crippen molar-refractivity contribution >= 4 is 5.97 Å². The van der Waals surface area contributed by atoms with Gasteiger partial charge >= 0.3 is 5.97 Å². The summed E-state index contributed by atoms with van der Waals surface area (Å²) in [6.45, 7) is 5.19. The minimum Gasteiger partial charge on any atom is -0.468 e. The summed E-state index contributed by atoms with van der Waals surface area (Å²) >= 11 is 0. The summed E-state index contributed by atoms with van der Waals surface area (Å²) in [5, 5.41) is 10.2. The van der Waals surface area contributed by atoms with Crippen LogP contribution in [0.25, 0.3) is 0 Å². The first-order valence-corrected chi connectivity index (χ1v) is 5.01. The SMILES string of the molecule is C=C[C@@](C)(C(=O)OC)[C@@H](O)c1ccccc1. The molecule has 2 atom stereocenters. The van der Waals surface area contributed by atoms with Gasteiger partial charge in [0, 0.05) is 0 Å². The van der Waals surface area contributed by atoms with Gasteiger partial charge in [0.05, 0.1) is 13.2 Å². The van der Waals surface area contributed by atoms with Gasteiger partial charge in [0.15, 0.2) is 0 Å². The molecule has 86 valence electrons. The van der Waals surface area contributed by atoms with Gasteiger partial charge in [-0.2, -0.15) is 0 Å². The molecule has 0 aromatic heterocycles. The second-order valence-electron chi connectivity index (χ2n) is 3.79. The largest absolute Gasteiger partial charge is 0.468 e. The molecule has 0 saturated heterocycles. The molecule has 0 radical (unpaired) electrons. The van der Waals surface area contributed by atoms with E-state index in [1.165, 1.54) is 13.2 Å². The van der Waals surface area contributed by atoms with Gasteiger partial charge in [-0.15, -0.1) is 6.58 Å². The van der Waals surface area contributed by atoms with E-state index >= 15 is 0 Å². The Morgan fingerprint density at radius 1 is 1.50 bits per heavy atom. The van der Waals surface area contributed by atoms with Crippen molar-refractivity contribution < 1.29 is 14.6 Å². The summed E-state index contributed by atoms with van der Waals surface area (Å²) < 4.78 is 4.68. The lowest BCUT2D eigenvalue weighted by Gasteiger charge is -2.28. The third-order valence-corrected chi connectivity index (χ3v) is 2.73. The molecule has 1 aromatic carbocycles. The van der Waals surface area contributed by atoms with Crippen LogP contribution in [0.4, 0.5) is 0 Å². The first-order chi connectivity index (χ1) is 7.56. The van der Waals surface area contributed by atoms with Crippen molar-refractivity contribution in [3.05, 3.63) is 48.6 Å². The fourth-order valence-electron chi connectivity index (χ4n) is 1.51. The zero-order valence-electron chi connectivity index (χ0n) is 9.51. The normalized spacial score (nSPS) is 15.9. The van der Waals surface area contributed by atoms with Crippen LogP contribution >= 0.6 is 0 Å². The zero-order chi connectivity index (χ0) is 12.2. The maximum atomic E-state index is 11.6. The number of aliphatic hydroxyl groups excluding tert-OH is 1. The van der Waals surface area contributed by atoms with E-state index in [1.54, 1.807) is 31.2 Å². The number of methoxy groups -OCH3 is 1. The number of hydrogen-bond donors (Lipinski definition) is 1. The van der Waals surface area contributed by atoms with E-state index in [2.05, 4.69) is 11.3 Å². The van der Waals surface area contributed by atoms with Gasteiger partial charge in [-0.1, -0.05) is 36.4 Å².